The first-order valence-corrected chi connectivity index (χ1v) is 12.2. The molecule has 0 saturated carbocycles. The second kappa shape index (κ2) is 10.8. The van der Waals surface area contributed by atoms with E-state index in [2.05, 4.69) is 0 Å². The number of anilines is 2. The van der Waals surface area contributed by atoms with Crippen molar-refractivity contribution in [3.05, 3.63) is 93.0 Å². The normalized spacial score (nSPS) is 16.6. The van der Waals surface area contributed by atoms with E-state index in [0.717, 1.165) is 5.69 Å². The number of methoxy groups -OCH3 is 1. The molecular weight excluding hydrogens is 531 g/mol. The minimum absolute atomic E-state index is 0.0646. The summed E-state index contributed by atoms with van der Waals surface area (Å²) >= 11 is 12.5. The van der Waals surface area contributed by atoms with E-state index < -0.39 is 29.5 Å². The molecule has 8 nitrogen and oxygen atoms in total. The maximum atomic E-state index is 13.4. The van der Waals surface area contributed by atoms with Crippen LogP contribution in [0.4, 0.5) is 11.4 Å². The number of rotatable bonds is 7. The van der Waals surface area contributed by atoms with Gasteiger partial charge in [-0.3, -0.25) is 19.3 Å². The molecule has 4 rings (SSSR count). The number of carboxylic acid groups (broad SMARTS) is 1. The maximum absolute atomic E-state index is 13.4. The minimum Gasteiger partial charge on any atom is -0.507 e. The summed E-state index contributed by atoms with van der Waals surface area (Å²) in [5.41, 5.74) is 2.25. The largest absolute Gasteiger partial charge is 0.507 e. The van der Waals surface area contributed by atoms with Crippen molar-refractivity contribution < 1.29 is 29.3 Å². The standard InChI is InChI=1S/C28H24Cl2N2O6/c1-31(2)18-10-6-16(7-11-18)24-23(25(35)20-13-17(29)14-21(30)27(20)38-3)26(36)28(37)32(24)19-8-4-15(5-9-19)12-22(33)34/h4-11,13-14,24,35H,12H2,1-3H3,(H,33,34)/b25-23+. The van der Waals surface area contributed by atoms with Gasteiger partial charge in [0.15, 0.2) is 0 Å². The van der Waals surface area contributed by atoms with Gasteiger partial charge in [0.25, 0.3) is 11.7 Å². The first-order chi connectivity index (χ1) is 18.0. The lowest BCUT2D eigenvalue weighted by Crippen LogP contribution is -2.29. The number of ether oxygens (including phenoxy) is 1. The van der Waals surface area contributed by atoms with Crippen molar-refractivity contribution in [2.75, 3.05) is 31.0 Å². The number of ketones is 1. The van der Waals surface area contributed by atoms with Crippen molar-refractivity contribution >= 4 is 58.0 Å². The zero-order chi connectivity index (χ0) is 27.7. The van der Waals surface area contributed by atoms with Gasteiger partial charge in [-0.15, -0.1) is 0 Å². The van der Waals surface area contributed by atoms with Crippen LogP contribution in [0.15, 0.2) is 66.2 Å². The highest BCUT2D eigenvalue weighted by Crippen LogP contribution is 2.45. The van der Waals surface area contributed by atoms with Crippen LogP contribution in [0.5, 0.6) is 5.75 Å². The number of nitrogens with zero attached hydrogens (tertiary/aromatic N) is 2. The number of aliphatic hydroxyl groups excluding tert-OH is 1. The number of hydrogen-bond acceptors (Lipinski definition) is 6. The molecule has 3 aromatic carbocycles. The number of benzene rings is 3. The maximum Gasteiger partial charge on any atom is 0.307 e. The average Bonchev–Trinajstić information content (AvgIpc) is 3.13. The molecule has 3 aromatic rings. The summed E-state index contributed by atoms with van der Waals surface area (Å²) in [6.07, 6.45) is -0.191. The predicted octanol–water partition coefficient (Wildman–Crippen LogP) is 5.32. The summed E-state index contributed by atoms with van der Waals surface area (Å²) in [4.78, 5) is 41.1. The Kier molecular flexibility index (Phi) is 7.66. The van der Waals surface area contributed by atoms with Gasteiger partial charge in [0, 0.05) is 30.5 Å². The number of halogens is 2. The van der Waals surface area contributed by atoms with Crippen LogP contribution in [0.2, 0.25) is 10.0 Å². The zero-order valence-corrected chi connectivity index (χ0v) is 22.2. The smallest absolute Gasteiger partial charge is 0.307 e. The van der Waals surface area contributed by atoms with E-state index in [-0.39, 0.29) is 33.4 Å². The number of carboxylic acids is 1. The Morgan fingerprint density at radius 2 is 1.63 bits per heavy atom. The van der Waals surface area contributed by atoms with Gasteiger partial charge in [0.1, 0.15) is 11.5 Å². The summed E-state index contributed by atoms with van der Waals surface area (Å²) in [5, 5.41) is 20.9. The second-order valence-corrected chi connectivity index (χ2v) is 9.70. The SMILES string of the molecule is COc1c(Cl)cc(Cl)cc1/C(O)=C1\C(=O)C(=O)N(c2ccc(CC(=O)O)cc2)C1c1ccc(N(C)C)cc1. The molecule has 196 valence electrons. The van der Waals surface area contributed by atoms with E-state index in [9.17, 15) is 19.5 Å². The van der Waals surface area contributed by atoms with E-state index >= 15 is 0 Å². The Hall–Kier alpha value is -4.01. The molecule has 38 heavy (non-hydrogen) atoms. The summed E-state index contributed by atoms with van der Waals surface area (Å²) < 4.78 is 5.37. The molecule has 2 N–H and O–H groups in total. The second-order valence-electron chi connectivity index (χ2n) is 8.86. The Balaban J connectivity index is 1.94. The van der Waals surface area contributed by atoms with Gasteiger partial charge in [0.2, 0.25) is 0 Å². The van der Waals surface area contributed by atoms with E-state index in [1.807, 2.05) is 31.1 Å². The Morgan fingerprint density at radius 1 is 1.00 bits per heavy atom. The third kappa shape index (κ3) is 5.05. The van der Waals surface area contributed by atoms with Gasteiger partial charge in [0.05, 0.1) is 35.7 Å². The monoisotopic (exact) mass is 554 g/mol. The molecule has 0 radical (unpaired) electrons. The van der Waals surface area contributed by atoms with Crippen LogP contribution in [0.3, 0.4) is 0 Å². The van der Waals surface area contributed by atoms with Crippen LogP contribution in [-0.4, -0.2) is 49.1 Å². The lowest BCUT2D eigenvalue weighted by molar-refractivity contribution is -0.136. The molecule has 0 spiro atoms. The average molecular weight is 555 g/mol. The van der Waals surface area contributed by atoms with Crippen LogP contribution in [-0.2, 0) is 20.8 Å². The molecule has 1 saturated heterocycles. The highest BCUT2D eigenvalue weighted by molar-refractivity contribution is 6.52. The number of carbonyl (C=O) groups is 3. The van der Waals surface area contributed by atoms with Crippen molar-refractivity contribution in [1.29, 1.82) is 0 Å². The number of Topliss-reactive ketones (excluding diaryl/α,β-unsaturated/α-hetero) is 1. The number of hydrogen-bond donors (Lipinski definition) is 2. The predicted molar refractivity (Wildman–Crippen MR) is 146 cm³/mol. The van der Waals surface area contributed by atoms with Gasteiger partial charge < -0.3 is 19.8 Å². The lowest BCUT2D eigenvalue weighted by atomic mass is 9.94. The summed E-state index contributed by atoms with van der Waals surface area (Å²) in [7, 11) is 5.13. The third-order valence-electron chi connectivity index (χ3n) is 6.21. The van der Waals surface area contributed by atoms with E-state index in [1.54, 1.807) is 36.4 Å². The molecular formula is C28H24Cl2N2O6. The van der Waals surface area contributed by atoms with Crippen molar-refractivity contribution in [2.45, 2.75) is 12.5 Å². The fraction of sp³-hybridized carbons (Fsp3) is 0.179. The molecule has 1 fully saturated rings. The van der Waals surface area contributed by atoms with Crippen LogP contribution >= 0.6 is 23.2 Å². The molecule has 1 aliphatic rings. The Labute approximate surface area is 229 Å². The van der Waals surface area contributed by atoms with E-state index in [0.29, 0.717) is 16.8 Å². The zero-order valence-electron chi connectivity index (χ0n) is 20.7. The van der Waals surface area contributed by atoms with E-state index in [1.165, 1.54) is 24.1 Å². The molecule has 1 atom stereocenters. The molecule has 1 heterocycles. The number of aliphatic carboxylic acids is 1. The van der Waals surface area contributed by atoms with Crippen LogP contribution in [0.1, 0.15) is 22.7 Å². The Bertz CT molecular complexity index is 1450. The molecule has 1 aliphatic heterocycles. The van der Waals surface area contributed by atoms with Crippen molar-refractivity contribution in [1.82, 2.24) is 0 Å². The number of amides is 1. The van der Waals surface area contributed by atoms with Gasteiger partial charge in [-0.25, -0.2) is 0 Å². The first-order valence-electron chi connectivity index (χ1n) is 11.5. The highest BCUT2D eigenvalue weighted by atomic mass is 35.5. The topological polar surface area (TPSA) is 107 Å². The summed E-state index contributed by atoms with van der Waals surface area (Å²) in [6.45, 7) is 0. The quantitative estimate of drug-likeness (QED) is 0.231. The van der Waals surface area contributed by atoms with Gasteiger partial charge in [-0.2, -0.15) is 0 Å². The third-order valence-corrected chi connectivity index (χ3v) is 6.71. The van der Waals surface area contributed by atoms with Crippen molar-refractivity contribution in [3.63, 3.8) is 0 Å². The number of carbonyl (C=O) groups excluding carboxylic acids is 2. The minimum atomic E-state index is -1.00. The van der Waals surface area contributed by atoms with Gasteiger partial charge in [-0.05, 0) is 47.5 Å². The first kappa shape index (κ1) is 27.0. The van der Waals surface area contributed by atoms with Crippen LogP contribution in [0.25, 0.3) is 5.76 Å². The Morgan fingerprint density at radius 3 is 2.18 bits per heavy atom. The molecule has 0 bridgehead atoms. The highest BCUT2D eigenvalue weighted by Gasteiger charge is 2.47. The molecule has 0 aliphatic carbocycles. The van der Waals surface area contributed by atoms with Crippen molar-refractivity contribution in [3.8, 4) is 5.75 Å². The molecule has 1 amide bonds. The van der Waals surface area contributed by atoms with E-state index in [4.69, 9.17) is 33.0 Å². The lowest BCUT2D eigenvalue weighted by Gasteiger charge is -2.26. The summed E-state index contributed by atoms with van der Waals surface area (Å²) in [6, 6.07) is 15.4. The van der Waals surface area contributed by atoms with Crippen LogP contribution < -0.4 is 14.5 Å². The van der Waals surface area contributed by atoms with Gasteiger partial charge in [-0.1, -0.05) is 47.5 Å². The fourth-order valence-electron chi connectivity index (χ4n) is 4.41. The molecule has 10 heteroatoms. The van der Waals surface area contributed by atoms with Crippen molar-refractivity contribution in [2.24, 2.45) is 0 Å². The molecule has 0 aromatic heterocycles. The molecule has 1 unspecified atom stereocenters. The summed E-state index contributed by atoms with van der Waals surface area (Å²) in [5.74, 6) is -3.15. The van der Waals surface area contributed by atoms with Crippen LogP contribution in [0, 0.1) is 0 Å². The number of aliphatic hydroxyl groups is 1. The van der Waals surface area contributed by atoms with Gasteiger partial charge >= 0.3 is 5.97 Å². The fourth-order valence-corrected chi connectivity index (χ4v) is 4.98.